The van der Waals surface area contributed by atoms with Crippen molar-refractivity contribution >= 4 is 16.5 Å². The number of aromatic nitrogens is 1. The summed E-state index contributed by atoms with van der Waals surface area (Å²) >= 11 is 1.88. The second-order valence-electron chi connectivity index (χ2n) is 5.17. The molecule has 2 rings (SSSR count). The van der Waals surface area contributed by atoms with Gasteiger partial charge in [0.05, 0.1) is 5.69 Å². The maximum Gasteiger partial charge on any atom is 0.185 e. The summed E-state index contributed by atoms with van der Waals surface area (Å²) in [7, 11) is 0. The van der Waals surface area contributed by atoms with Gasteiger partial charge in [-0.05, 0) is 46.1 Å². The molecule has 0 bridgehead atoms. The Balaban J connectivity index is 2.05. The van der Waals surface area contributed by atoms with Crippen LogP contribution in [0.1, 0.15) is 56.1 Å². The first-order chi connectivity index (χ1) is 8.72. The predicted octanol–water partition coefficient (Wildman–Crippen LogP) is 3.50. The quantitative estimate of drug-likeness (QED) is 0.885. The van der Waals surface area contributed by atoms with E-state index in [1.165, 1.54) is 54.5 Å². The molecule has 0 amide bonds. The van der Waals surface area contributed by atoms with Gasteiger partial charge in [-0.15, -0.1) is 11.3 Å². The van der Waals surface area contributed by atoms with Gasteiger partial charge >= 0.3 is 0 Å². The number of piperidine rings is 1. The summed E-state index contributed by atoms with van der Waals surface area (Å²) in [5.41, 5.74) is 1.21. The topological polar surface area (TPSA) is 28.2 Å². The third-order valence-corrected chi connectivity index (χ3v) is 4.94. The van der Waals surface area contributed by atoms with Crippen LogP contribution in [0.2, 0.25) is 0 Å². The van der Waals surface area contributed by atoms with Crippen LogP contribution in [0.25, 0.3) is 0 Å². The molecule has 0 spiro atoms. The molecule has 1 aromatic heterocycles. The fourth-order valence-electron chi connectivity index (χ4n) is 2.47. The monoisotopic (exact) mass is 267 g/mol. The summed E-state index contributed by atoms with van der Waals surface area (Å²) in [4.78, 5) is 8.63. The van der Waals surface area contributed by atoms with Crippen molar-refractivity contribution < 1.29 is 0 Å². The van der Waals surface area contributed by atoms with Crippen molar-refractivity contribution in [1.82, 2.24) is 10.3 Å². The Labute approximate surface area is 115 Å². The van der Waals surface area contributed by atoms with Gasteiger partial charge in [-0.3, -0.25) is 0 Å². The van der Waals surface area contributed by atoms with E-state index in [0.29, 0.717) is 6.04 Å². The summed E-state index contributed by atoms with van der Waals surface area (Å²) in [5, 5.41) is 4.79. The highest BCUT2D eigenvalue weighted by molar-refractivity contribution is 7.15. The van der Waals surface area contributed by atoms with Crippen LogP contribution in [0.4, 0.5) is 5.13 Å². The zero-order chi connectivity index (χ0) is 13.0. The first kappa shape index (κ1) is 13.8. The van der Waals surface area contributed by atoms with Crippen molar-refractivity contribution in [1.29, 1.82) is 0 Å². The van der Waals surface area contributed by atoms with Gasteiger partial charge in [0.1, 0.15) is 0 Å². The van der Waals surface area contributed by atoms with E-state index >= 15 is 0 Å². The standard InChI is InChI=1S/C14H25N3S/c1-4-8-15-11(2)13-12(3)16-14(18-13)17-9-6-5-7-10-17/h11,15H,4-10H2,1-3H3. The Morgan fingerprint density at radius 1 is 1.33 bits per heavy atom. The highest BCUT2D eigenvalue weighted by Crippen LogP contribution is 2.32. The van der Waals surface area contributed by atoms with Crippen LogP contribution < -0.4 is 10.2 Å². The van der Waals surface area contributed by atoms with Crippen molar-refractivity contribution in [2.75, 3.05) is 24.5 Å². The zero-order valence-electron chi connectivity index (χ0n) is 11.8. The fourth-order valence-corrected chi connectivity index (χ4v) is 3.61. The van der Waals surface area contributed by atoms with Crippen LogP contribution in [-0.2, 0) is 0 Å². The molecule has 0 saturated carbocycles. The van der Waals surface area contributed by atoms with Gasteiger partial charge in [0.25, 0.3) is 0 Å². The molecular formula is C14H25N3S. The molecule has 1 aromatic rings. The first-order valence-electron chi connectivity index (χ1n) is 7.18. The Bertz CT molecular complexity index is 369. The highest BCUT2D eigenvalue weighted by atomic mass is 32.1. The smallest absolute Gasteiger partial charge is 0.185 e. The van der Waals surface area contributed by atoms with Gasteiger partial charge in [0.15, 0.2) is 5.13 Å². The van der Waals surface area contributed by atoms with Gasteiger partial charge in [0.2, 0.25) is 0 Å². The van der Waals surface area contributed by atoms with E-state index in [9.17, 15) is 0 Å². The van der Waals surface area contributed by atoms with Crippen LogP contribution in [0.15, 0.2) is 0 Å². The van der Waals surface area contributed by atoms with Crippen molar-refractivity contribution in [3.05, 3.63) is 10.6 Å². The predicted molar refractivity (Wildman–Crippen MR) is 79.6 cm³/mol. The molecule has 2 heterocycles. The number of thiazole rings is 1. The maximum absolute atomic E-state index is 4.77. The lowest BCUT2D eigenvalue weighted by molar-refractivity contribution is 0.574. The summed E-state index contributed by atoms with van der Waals surface area (Å²) in [5.74, 6) is 0. The number of hydrogen-bond donors (Lipinski definition) is 1. The van der Waals surface area contributed by atoms with Crippen LogP contribution in [0.3, 0.4) is 0 Å². The summed E-state index contributed by atoms with van der Waals surface area (Å²) < 4.78 is 0. The second-order valence-corrected chi connectivity index (χ2v) is 6.18. The molecule has 4 heteroatoms. The van der Waals surface area contributed by atoms with E-state index in [-0.39, 0.29) is 0 Å². The Morgan fingerprint density at radius 2 is 2.06 bits per heavy atom. The maximum atomic E-state index is 4.77. The zero-order valence-corrected chi connectivity index (χ0v) is 12.6. The molecule has 0 aliphatic carbocycles. The molecule has 3 nitrogen and oxygen atoms in total. The SMILES string of the molecule is CCCNC(C)c1sc(N2CCCCC2)nc1C. The van der Waals surface area contributed by atoms with Crippen LogP contribution in [0, 0.1) is 6.92 Å². The fraction of sp³-hybridized carbons (Fsp3) is 0.786. The first-order valence-corrected chi connectivity index (χ1v) is 7.99. The van der Waals surface area contributed by atoms with Gasteiger partial charge in [0, 0.05) is 24.0 Å². The largest absolute Gasteiger partial charge is 0.348 e. The van der Waals surface area contributed by atoms with Gasteiger partial charge in [-0.25, -0.2) is 4.98 Å². The summed E-state index contributed by atoms with van der Waals surface area (Å²) in [6.07, 6.45) is 5.19. The molecule has 0 radical (unpaired) electrons. The van der Waals surface area contributed by atoms with E-state index in [0.717, 1.165) is 6.54 Å². The minimum atomic E-state index is 0.431. The third-order valence-electron chi connectivity index (χ3n) is 3.54. The van der Waals surface area contributed by atoms with Crippen molar-refractivity contribution in [2.45, 2.75) is 52.5 Å². The minimum absolute atomic E-state index is 0.431. The van der Waals surface area contributed by atoms with Crippen LogP contribution in [0.5, 0.6) is 0 Å². The van der Waals surface area contributed by atoms with E-state index < -0.39 is 0 Å². The van der Waals surface area contributed by atoms with Crippen LogP contribution >= 0.6 is 11.3 Å². The molecule has 0 aromatic carbocycles. The van der Waals surface area contributed by atoms with Crippen molar-refractivity contribution in [2.24, 2.45) is 0 Å². The summed E-state index contributed by atoms with van der Waals surface area (Å²) in [6, 6.07) is 0.431. The lowest BCUT2D eigenvalue weighted by Gasteiger charge is -2.25. The molecule has 1 unspecified atom stereocenters. The average molecular weight is 267 g/mol. The lowest BCUT2D eigenvalue weighted by Crippen LogP contribution is -2.29. The average Bonchev–Trinajstić information content (AvgIpc) is 2.79. The Hall–Kier alpha value is -0.610. The molecule has 1 atom stereocenters. The van der Waals surface area contributed by atoms with E-state index in [1.807, 2.05) is 11.3 Å². The number of nitrogens with zero attached hydrogens (tertiary/aromatic N) is 2. The molecule has 102 valence electrons. The number of rotatable bonds is 5. The Morgan fingerprint density at radius 3 is 2.72 bits per heavy atom. The lowest BCUT2D eigenvalue weighted by atomic mass is 10.1. The molecule has 1 aliphatic rings. The number of hydrogen-bond acceptors (Lipinski definition) is 4. The van der Waals surface area contributed by atoms with E-state index in [1.54, 1.807) is 0 Å². The van der Waals surface area contributed by atoms with Crippen LogP contribution in [-0.4, -0.2) is 24.6 Å². The molecule has 1 N–H and O–H groups in total. The normalized spacial score (nSPS) is 18.1. The third kappa shape index (κ3) is 3.23. The number of anilines is 1. The Kier molecular flexibility index (Phi) is 5.01. The van der Waals surface area contributed by atoms with Gasteiger partial charge < -0.3 is 10.2 Å². The van der Waals surface area contributed by atoms with Gasteiger partial charge in [-0.1, -0.05) is 6.92 Å². The number of aryl methyl sites for hydroxylation is 1. The van der Waals surface area contributed by atoms with Gasteiger partial charge in [-0.2, -0.15) is 0 Å². The molecule has 1 aliphatic heterocycles. The molecule has 18 heavy (non-hydrogen) atoms. The summed E-state index contributed by atoms with van der Waals surface area (Å²) in [6.45, 7) is 10.0. The highest BCUT2D eigenvalue weighted by Gasteiger charge is 2.18. The van der Waals surface area contributed by atoms with Crippen molar-refractivity contribution in [3.63, 3.8) is 0 Å². The molecule has 1 saturated heterocycles. The minimum Gasteiger partial charge on any atom is -0.348 e. The second kappa shape index (κ2) is 6.53. The molecule has 1 fully saturated rings. The van der Waals surface area contributed by atoms with E-state index in [4.69, 9.17) is 4.98 Å². The molecular weight excluding hydrogens is 242 g/mol. The van der Waals surface area contributed by atoms with E-state index in [2.05, 4.69) is 31.0 Å². The van der Waals surface area contributed by atoms with Crippen molar-refractivity contribution in [3.8, 4) is 0 Å². The number of nitrogens with one attached hydrogen (secondary N) is 1.